The van der Waals surface area contributed by atoms with Gasteiger partial charge in [0.05, 0.1) is 17.2 Å². The number of amides is 1. The summed E-state index contributed by atoms with van der Waals surface area (Å²) >= 11 is 0. The quantitative estimate of drug-likeness (QED) is 0.579. The molecule has 1 aromatic heterocycles. The minimum atomic E-state index is -4.60. The standard InChI is InChI=1S/C26H25F3N4O2/c27-26(28,29)21-12-20(6-5-18(21)13-30)32-9-7-25(8-10-32)16-33(14-19(25)15-34)24(35)23-11-17-3-1-2-4-22(17)31-23/h1-6,11-12,19,31,34H,7-10,14-16H2. The van der Waals surface area contributed by atoms with E-state index in [4.69, 9.17) is 5.26 Å². The van der Waals surface area contributed by atoms with Crippen LogP contribution < -0.4 is 4.90 Å². The number of hydrogen-bond donors (Lipinski definition) is 2. The topological polar surface area (TPSA) is 83.4 Å². The van der Waals surface area contributed by atoms with Crippen LogP contribution in [0.15, 0.2) is 48.5 Å². The van der Waals surface area contributed by atoms with Crippen molar-refractivity contribution in [2.75, 3.05) is 37.7 Å². The van der Waals surface area contributed by atoms with Crippen molar-refractivity contribution in [3.05, 3.63) is 65.4 Å². The molecule has 3 heterocycles. The van der Waals surface area contributed by atoms with Gasteiger partial charge < -0.3 is 19.9 Å². The van der Waals surface area contributed by atoms with Gasteiger partial charge in [-0.1, -0.05) is 18.2 Å². The molecule has 2 N–H and O–H groups in total. The lowest BCUT2D eigenvalue weighted by Gasteiger charge is -2.43. The molecular weight excluding hydrogens is 457 g/mol. The smallest absolute Gasteiger partial charge is 0.396 e. The zero-order chi connectivity index (χ0) is 24.8. The second-order valence-electron chi connectivity index (χ2n) is 9.52. The molecule has 5 rings (SSSR count). The Kier molecular flexibility index (Phi) is 5.72. The molecule has 2 saturated heterocycles. The van der Waals surface area contributed by atoms with Gasteiger partial charge in [0.25, 0.3) is 5.91 Å². The lowest BCUT2D eigenvalue weighted by Crippen LogP contribution is -2.45. The molecule has 1 amide bonds. The average Bonchev–Trinajstić information content (AvgIpc) is 3.45. The maximum atomic E-state index is 13.4. The number of benzene rings is 2. The first kappa shape index (κ1) is 23.2. The molecule has 1 atom stereocenters. The van der Waals surface area contributed by atoms with E-state index in [2.05, 4.69) is 4.98 Å². The number of hydrogen-bond acceptors (Lipinski definition) is 4. The molecule has 0 aliphatic carbocycles. The van der Waals surface area contributed by atoms with E-state index < -0.39 is 17.3 Å². The number of aromatic nitrogens is 1. The number of carbonyl (C=O) groups excluding carboxylic acids is 1. The van der Waals surface area contributed by atoms with Crippen LogP contribution in [0.5, 0.6) is 0 Å². The molecule has 0 radical (unpaired) electrons. The number of alkyl halides is 3. The van der Waals surface area contributed by atoms with Crippen LogP contribution in [0.1, 0.15) is 34.5 Å². The fourth-order valence-electron chi connectivity index (χ4n) is 5.64. The van der Waals surface area contributed by atoms with Crippen LogP contribution in [0, 0.1) is 22.7 Å². The van der Waals surface area contributed by atoms with Crippen LogP contribution in [0.3, 0.4) is 0 Å². The largest absolute Gasteiger partial charge is 0.417 e. The van der Waals surface area contributed by atoms with Crippen LogP contribution >= 0.6 is 0 Å². The van der Waals surface area contributed by atoms with Crippen LogP contribution in [-0.4, -0.2) is 53.7 Å². The Balaban J connectivity index is 1.32. The molecule has 1 unspecified atom stereocenters. The molecule has 9 heteroatoms. The molecule has 6 nitrogen and oxygen atoms in total. The van der Waals surface area contributed by atoms with Crippen molar-refractivity contribution < 1.29 is 23.1 Å². The lowest BCUT2D eigenvalue weighted by atomic mass is 9.71. The highest BCUT2D eigenvalue weighted by Gasteiger charge is 2.49. The van der Waals surface area contributed by atoms with Crippen LogP contribution in [0.4, 0.5) is 18.9 Å². The van der Waals surface area contributed by atoms with Gasteiger partial charge in [-0.05, 0) is 48.6 Å². The fraction of sp³-hybridized carbons (Fsp3) is 0.385. The number of aliphatic hydroxyl groups is 1. The Morgan fingerprint density at radius 1 is 1.17 bits per heavy atom. The molecule has 2 aliphatic heterocycles. The first-order valence-corrected chi connectivity index (χ1v) is 11.6. The van der Waals surface area contributed by atoms with Crippen molar-refractivity contribution in [3.8, 4) is 6.07 Å². The Morgan fingerprint density at radius 3 is 2.57 bits per heavy atom. The molecule has 1 spiro atoms. The van der Waals surface area contributed by atoms with E-state index in [-0.39, 0.29) is 23.8 Å². The van der Waals surface area contributed by atoms with Gasteiger partial charge in [0, 0.05) is 55.3 Å². The number of nitriles is 1. The maximum Gasteiger partial charge on any atom is 0.417 e. The number of H-pyrrole nitrogens is 1. The number of nitrogens with one attached hydrogen (secondary N) is 1. The average molecular weight is 483 g/mol. The van der Waals surface area contributed by atoms with Gasteiger partial charge in [0.15, 0.2) is 0 Å². The number of fused-ring (bicyclic) bond motifs is 1. The van der Waals surface area contributed by atoms with E-state index in [1.54, 1.807) is 17.0 Å². The van der Waals surface area contributed by atoms with Crippen molar-refractivity contribution >= 4 is 22.5 Å². The zero-order valence-electron chi connectivity index (χ0n) is 19.0. The maximum absolute atomic E-state index is 13.4. The molecule has 0 bridgehead atoms. The first-order chi connectivity index (χ1) is 16.7. The first-order valence-electron chi connectivity index (χ1n) is 11.6. The summed E-state index contributed by atoms with van der Waals surface area (Å²) < 4.78 is 40.2. The fourth-order valence-corrected chi connectivity index (χ4v) is 5.64. The van der Waals surface area contributed by atoms with Crippen LogP contribution in [0.25, 0.3) is 10.9 Å². The van der Waals surface area contributed by atoms with E-state index in [1.165, 1.54) is 6.07 Å². The number of carbonyl (C=O) groups is 1. The van der Waals surface area contributed by atoms with Crippen LogP contribution in [0.2, 0.25) is 0 Å². The number of likely N-dealkylation sites (tertiary alicyclic amines) is 1. The number of nitrogens with zero attached hydrogens (tertiary/aromatic N) is 3. The molecule has 182 valence electrons. The van der Waals surface area contributed by atoms with E-state index in [0.717, 1.165) is 17.0 Å². The number of para-hydroxylation sites is 1. The number of piperidine rings is 1. The van der Waals surface area contributed by atoms with Crippen molar-refractivity contribution in [3.63, 3.8) is 0 Å². The summed E-state index contributed by atoms with van der Waals surface area (Å²) in [4.78, 5) is 20.1. The number of rotatable bonds is 3. The molecule has 2 fully saturated rings. The van der Waals surface area contributed by atoms with Crippen molar-refractivity contribution in [2.24, 2.45) is 11.3 Å². The molecule has 0 saturated carbocycles. The Hall–Kier alpha value is -3.51. The summed E-state index contributed by atoms with van der Waals surface area (Å²) in [5, 5.41) is 20.1. The summed E-state index contributed by atoms with van der Waals surface area (Å²) in [6.07, 6.45) is -3.30. The van der Waals surface area contributed by atoms with Crippen LogP contribution in [-0.2, 0) is 6.18 Å². The number of aromatic amines is 1. The monoisotopic (exact) mass is 482 g/mol. The molecule has 35 heavy (non-hydrogen) atoms. The minimum absolute atomic E-state index is 0.0500. The summed E-state index contributed by atoms with van der Waals surface area (Å²) in [5.41, 5.74) is 0.216. The Labute approximate surface area is 200 Å². The highest BCUT2D eigenvalue weighted by Crippen LogP contribution is 2.46. The number of halogens is 3. The van der Waals surface area contributed by atoms with E-state index >= 15 is 0 Å². The van der Waals surface area contributed by atoms with Gasteiger partial charge in [-0.2, -0.15) is 18.4 Å². The summed E-state index contributed by atoms with van der Waals surface area (Å²) in [6.45, 7) is 1.91. The number of anilines is 1. The SMILES string of the molecule is N#Cc1ccc(N2CCC3(CC2)CN(C(=O)c2cc4ccccc4[nH]2)CC3CO)cc1C(F)(F)F. The van der Waals surface area contributed by atoms with Gasteiger partial charge in [-0.3, -0.25) is 4.79 Å². The normalized spacial score (nSPS) is 19.9. The summed E-state index contributed by atoms with van der Waals surface area (Å²) in [7, 11) is 0. The van der Waals surface area contributed by atoms with Gasteiger partial charge in [0.2, 0.25) is 0 Å². The van der Waals surface area contributed by atoms with Gasteiger partial charge in [-0.25, -0.2) is 0 Å². The highest BCUT2D eigenvalue weighted by atomic mass is 19.4. The molecular formula is C26H25F3N4O2. The second-order valence-corrected chi connectivity index (χ2v) is 9.52. The van der Waals surface area contributed by atoms with Gasteiger partial charge in [0.1, 0.15) is 5.69 Å². The summed E-state index contributed by atoms with van der Waals surface area (Å²) in [5.74, 6) is -0.203. The highest BCUT2D eigenvalue weighted by molar-refractivity contribution is 5.98. The summed E-state index contributed by atoms with van der Waals surface area (Å²) in [6, 6.07) is 14.9. The van der Waals surface area contributed by atoms with E-state index in [9.17, 15) is 23.1 Å². The lowest BCUT2D eigenvalue weighted by molar-refractivity contribution is -0.137. The van der Waals surface area contributed by atoms with Gasteiger partial charge >= 0.3 is 6.18 Å². The number of aliphatic hydroxyl groups excluding tert-OH is 1. The molecule has 2 aromatic carbocycles. The van der Waals surface area contributed by atoms with Crippen molar-refractivity contribution in [1.82, 2.24) is 9.88 Å². The van der Waals surface area contributed by atoms with E-state index in [0.29, 0.717) is 50.4 Å². The van der Waals surface area contributed by atoms with Crippen molar-refractivity contribution in [2.45, 2.75) is 19.0 Å². The predicted octanol–water partition coefficient (Wildman–Crippen LogP) is 4.41. The third-order valence-corrected chi connectivity index (χ3v) is 7.63. The molecule has 3 aromatic rings. The third-order valence-electron chi connectivity index (χ3n) is 7.63. The predicted molar refractivity (Wildman–Crippen MR) is 125 cm³/mol. The molecule has 2 aliphatic rings. The second kappa shape index (κ2) is 8.61. The Bertz CT molecular complexity index is 1270. The third kappa shape index (κ3) is 4.12. The van der Waals surface area contributed by atoms with Gasteiger partial charge in [-0.15, -0.1) is 0 Å². The zero-order valence-corrected chi connectivity index (χ0v) is 19.0. The minimum Gasteiger partial charge on any atom is -0.396 e. The van der Waals surface area contributed by atoms with E-state index in [1.807, 2.05) is 35.2 Å². The Morgan fingerprint density at radius 2 is 1.91 bits per heavy atom. The van der Waals surface area contributed by atoms with Crippen molar-refractivity contribution in [1.29, 1.82) is 5.26 Å².